The number of quaternary nitrogens is 1. The molecule has 0 bridgehead atoms. The Morgan fingerprint density at radius 1 is 0.871 bits per heavy atom. The lowest BCUT2D eigenvalue weighted by atomic mass is 10.1. The summed E-state index contributed by atoms with van der Waals surface area (Å²) in [6, 6.07) is 24.1. The van der Waals surface area contributed by atoms with Crippen LogP contribution in [0.5, 0.6) is 5.75 Å². The Morgan fingerprint density at radius 2 is 1.55 bits per heavy atom. The zero-order chi connectivity index (χ0) is 22.1. The summed E-state index contributed by atoms with van der Waals surface area (Å²) in [5.41, 5.74) is 2.74. The average molecular weight is 419 g/mol. The predicted octanol–water partition coefficient (Wildman–Crippen LogP) is 2.99. The Balaban J connectivity index is 1.58. The molecule has 2 amide bonds. The van der Waals surface area contributed by atoms with Crippen molar-refractivity contribution in [2.45, 2.75) is 13.5 Å². The lowest BCUT2D eigenvalue weighted by Gasteiger charge is -2.15. The van der Waals surface area contributed by atoms with Crippen LogP contribution < -0.4 is 20.3 Å². The van der Waals surface area contributed by atoms with Crippen LogP contribution >= 0.6 is 0 Å². The molecule has 1 atom stereocenters. The molecular formula is C25H28N3O3+. The molecule has 0 radical (unpaired) electrons. The number of hydrogen-bond acceptors (Lipinski definition) is 3. The fraction of sp³-hybridized carbons (Fsp3) is 0.200. The molecule has 6 heteroatoms. The van der Waals surface area contributed by atoms with Crippen molar-refractivity contribution in [3.63, 3.8) is 0 Å². The van der Waals surface area contributed by atoms with E-state index in [9.17, 15) is 9.59 Å². The van der Waals surface area contributed by atoms with Gasteiger partial charge in [0.1, 0.15) is 12.3 Å². The van der Waals surface area contributed by atoms with E-state index in [1.807, 2.05) is 68.6 Å². The van der Waals surface area contributed by atoms with Gasteiger partial charge in [-0.15, -0.1) is 0 Å². The lowest BCUT2D eigenvalue weighted by Crippen LogP contribution is -3.08. The molecule has 0 aliphatic heterocycles. The highest BCUT2D eigenvalue weighted by molar-refractivity contribution is 6.10. The molecule has 3 rings (SSSR count). The number of likely N-dealkylation sites (N-methyl/N-ethyl adjacent to an activating group) is 1. The minimum Gasteiger partial charge on any atom is -0.494 e. The molecule has 3 N–H and O–H groups in total. The molecule has 0 aliphatic rings. The number of hydrogen-bond donors (Lipinski definition) is 3. The molecule has 3 aromatic rings. The summed E-state index contributed by atoms with van der Waals surface area (Å²) in [6.45, 7) is 3.57. The van der Waals surface area contributed by atoms with Crippen LogP contribution in [0.1, 0.15) is 22.8 Å². The molecule has 0 aromatic heterocycles. The number of carbonyl (C=O) groups is 2. The van der Waals surface area contributed by atoms with Gasteiger partial charge < -0.3 is 20.3 Å². The maximum absolute atomic E-state index is 12.7. The van der Waals surface area contributed by atoms with Gasteiger partial charge in [0.2, 0.25) is 0 Å². The number of anilines is 2. The first-order valence-electron chi connectivity index (χ1n) is 10.3. The molecule has 0 fully saturated rings. The van der Waals surface area contributed by atoms with Crippen LogP contribution in [0.15, 0.2) is 78.9 Å². The second-order valence-electron chi connectivity index (χ2n) is 7.30. The van der Waals surface area contributed by atoms with E-state index in [1.165, 1.54) is 0 Å². The number of ether oxygens (including phenoxy) is 1. The van der Waals surface area contributed by atoms with Crippen molar-refractivity contribution in [1.29, 1.82) is 0 Å². The predicted molar refractivity (Wildman–Crippen MR) is 123 cm³/mol. The van der Waals surface area contributed by atoms with Crippen molar-refractivity contribution in [3.05, 3.63) is 90.0 Å². The van der Waals surface area contributed by atoms with E-state index in [4.69, 9.17) is 4.74 Å². The molecule has 160 valence electrons. The van der Waals surface area contributed by atoms with Crippen molar-refractivity contribution < 1.29 is 19.2 Å². The second kappa shape index (κ2) is 10.9. The Kier molecular flexibility index (Phi) is 7.79. The number of rotatable bonds is 9. The third-order valence-electron chi connectivity index (χ3n) is 4.68. The second-order valence-corrected chi connectivity index (χ2v) is 7.30. The zero-order valence-corrected chi connectivity index (χ0v) is 17.9. The third-order valence-corrected chi connectivity index (χ3v) is 4.68. The Morgan fingerprint density at radius 3 is 2.26 bits per heavy atom. The highest BCUT2D eigenvalue weighted by atomic mass is 16.5. The van der Waals surface area contributed by atoms with E-state index in [0.717, 1.165) is 16.2 Å². The summed E-state index contributed by atoms with van der Waals surface area (Å²) in [4.78, 5) is 26.3. The minimum atomic E-state index is -0.266. The number of benzene rings is 3. The molecule has 31 heavy (non-hydrogen) atoms. The largest absolute Gasteiger partial charge is 0.494 e. The van der Waals surface area contributed by atoms with Crippen molar-refractivity contribution in [1.82, 2.24) is 0 Å². The molecule has 0 spiro atoms. The van der Waals surface area contributed by atoms with E-state index in [1.54, 1.807) is 24.3 Å². The van der Waals surface area contributed by atoms with E-state index in [2.05, 4.69) is 10.6 Å². The Hall–Kier alpha value is -3.64. The van der Waals surface area contributed by atoms with Crippen molar-refractivity contribution >= 4 is 23.2 Å². The first-order chi connectivity index (χ1) is 15.0. The maximum atomic E-state index is 12.7. The summed E-state index contributed by atoms with van der Waals surface area (Å²) >= 11 is 0. The number of para-hydroxylation sites is 2. The van der Waals surface area contributed by atoms with Crippen LogP contribution in [0.2, 0.25) is 0 Å². The monoisotopic (exact) mass is 418 g/mol. The highest BCUT2D eigenvalue weighted by Crippen LogP contribution is 2.17. The Labute approximate surface area is 182 Å². The van der Waals surface area contributed by atoms with Gasteiger partial charge in [-0.1, -0.05) is 30.3 Å². The topological polar surface area (TPSA) is 71.9 Å². The van der Waals surface area contributed by atoms with Gasteiger partial charge in [0.05, 0.1) is 24.9 Å². The molecule has 0 aliphatic carbocycles. The number of amides is 2. The van der Waals surface area contributed by atoms with Crippen LogP contribution in [0.3, 0.4) is 0 Å². The van der Waals surface area contributed by atoms with Crippen LogP contribution in [-0.2, 0) is 11.3 Å². The first kappa shape index (κ1) is 22.1. The van der Waals surface area contributed by atoms with Gasteiger partial charge in [-0.2, -0.15) is 0 Å². The van der Waals surface area contributed by atoms with E-state index < -0.39 is 0 Å². The molecule has 3 aromatic carbocycles. The summed E-state index contributed by atoms with van der Waals surface area (Å²) in [5.74, 6) is 0.424. The standard InChI is InChI=1S/C25H27N3O3/c1-3-31-21-15-13-19(14-16-21)17-28(2)18-24(29)27-23-12-8-7-11-22(23)25(30)26-20-9-5-4-6-10-20/h4-16H,3,17-18H2,1-2H3,(H,26,30)(H,27,29)/p+1. The number of nitrogens with one attached hydrogen (secondary N) is 3. The number of carbonyl (C=O) groups excluding carboxylic acids is 2. The molecule has 0 saturated carbocycles. The first-order valence-corrected chi connectivity index (χ1v) is 10.3. The molecule has 0 saturated heterocycles. The van der Waals surface area contributed by atoms with Crippen molar-refractivity contribution in [3.8, 4) is 5.75 Å². The van der Waals surface area contributed by atoms with Crippen LogP contribution in [0, 0.1) is 0 Å². The van der Waals surface area contributed by atoms with Gasteiger partial charge in [-0.25, -0.2) is 0 Å². The maximum Gasteiger partial charge on any atom is 0.279 e. The Bertz CT molecular complexity index is 1000. The summed E-state index contributed by atoms with van der Waals surface area (Å²) in [6.07, 6.45) is 0. The molecule has 1 unspecified atom stereocenters. The summed E-state index contributed by atoms with van der Waals surface area (Å²) in [7, 11) is 1.96. The third kappa shape index (κ3) is 6.69. The highest BCUT2D eigenvalue weighted by Gasteiger charge is 2.16. The quantitative estimate of drug-likeness (QED) is 0.500. The van der Waals surface area contributed by atoms with Crippen LogP contribution in [0.25, 0.3) is 0 Å². The van der Waals surface area contributed by atoms with Crippen molar-refractivity contribution in [2.24, 2.45) is 0 Å². The lowest BCUT2D eigenvalue weighted by molar-refractivity contribution is -0.885. The van der Waals surface area contributed by atoms with Gasteiger partial charge in [0.15, 0.2) is 6.54 Å². The van der Waals surface area contributed by atoms with E-state index >= 15 is 0 Å². The van der Waals surface area contributed by atoms with E-state index in [-0.39, 0.29) is 18.4 Å². The minimum absolute atomic E-state index is 0.150. The molecule has 6 nitrogen and oxygen atoms in total. The fourth-order valence-electron chi connectivity index (χ4n) is 3.26. The normalized spacial score (nSPS) is 11.4. The van der Waals surface area contributed by atoms with Crippen LogP contribution in [-0.4, -0.2) is 32.0 Å². The smallest absolute Gasteiger partial charge is 0.279 e. The van der Waals surface area contributed by atoms with Gasteiger partial charge in [0, 0.05) is 11.3 Å². The zero-order valence-electron chi connectivity index (χ0n) is 17.9. The van der Waals surface area contributed by atoms with Crippen LogP contribution in [0.4, 0.5) is 11.4 Å². The SMILES string of the molecule is CCOc1ccc(C[NH+](C)CC(=O)Nc2ccccc2C(=O)Nc2ccccc2)cc1. The molecular weight excluding hydrogens is 390 g/mol. The summed E-state index contributed by atoms with van der Waals surface area (Å²) < 4.78 is 5.46. The van der Waals surface area contributed by atoms with Gasteiger partial charge in [-0.3, -0.25) is 9.59 Å². The van der Waals surface area contributed by atoms with E-state index in [0.29, 0.717) is 30.1 Å². The average Bonchev–Trinajstić information content (AvgIpc) is 2.76. The van der Waals surface area contributed by atoms with Gasteiger partial charge in [0.25, 0.3) is 11.8 Å². The van der Waals surface area contributed by atoms with Gasteiger partial charge >= 0.3 is 0 Å². The fourth-order valence-corrected chi connectivity index (χ4v) is 3.26. The van der Waals surface area contributed by atoms with Gasteiger partial charge in [-0.05, 0) is 55.5 Å². The van der Waals surface area contributed by atoms with Crippen molar-refractivity contribution in [2.75, 3.05) is 30.8 Å². The summed E-state index contributed by atoms with van der Waals surface area (Å²) in [5, 5.41) is 5.73. The molecule has 0 heterocycles.